The summed E-state index contributed by atoms with van der Waals surface area (Å²) in [5.74, 6) is -0.806. The number of amides is 4. The Bertz CT molecular complexity index is 918. The van der Waals surface area contributed by atoms with Gasteiger partial charge in [0.15, 0.2) is 0 Å². The molecule has 0 aliphatic carbocycles. The highest BCUT2D eigenvalue weighted by atomic mass is 16.2. The fourth-order valence-corrected chi connectivity index (χ4v) is 2.73. The predicted molar refractivity (Wildman–Crippen MR) is 118 cm³/mol. The lowest BCUT2D eigenvalue weighted by Crippen LogP contribution is -2.15. The van der Waals surface area contributed by atoms with Crippen LogP contribution in [-0.4, -0.2) is 23.6 Å². The van der Waals surface area contributed by atoms with Gasteiger partial charge in [0.05, 0.1) is 0 Å². The van der Waals surface area contributed by atoms with Gasteiger partial charge < -0.3 is 21.3 Å². The average Bonchev–Trinajstić information content (AvgIpc) is 2.61. The van der Waals surface area contributed by atoms with Crippen molar-refractivity contribution < 1.29 is 19.2 Å². The van der Waals surface area contributed by atoms with Gasteiger partial charge in [-0.1, -0.05) is 13.8 Å². The highest BCUT2D eigenvalue weighted by Crippen LogP contribution is 2.21. The van der Waals surface area contributed by atoms with Gasteiger partial charge in [-0.2, -0.15) is 0 Å². The minimum Gasteiger partial charge on any atom is -0.326 e. The maximum Gasteiger partial charge on any atom is 0.255 e. The van der Waals surface area contributed by atoms with Gasteiger partial charge in [0, 0.05) is 48.6 Å². The van der Waals surface area contributed by atoms with Gasteiger partial charge in [0.25, 0.3) is 5.91 Å². The van der Waals surface area contributed by atoms with Crippen LogP contribution in [0.3, 0.4) is 0 Å². The van der Waals surface area contributed by atoms with Crippen molar-refractivity contribution in [3.05, 3.63) is 48.0 Å². The standard InChI is InChI=1S/C22H26N4O4/c1-13(2)9-21(29)25-17-5-7-18(8-6-17)26-22(30)16-10-19(23-14(3)27)12-20(11-16)24-15(4)28/h5-8,10-13H,9H2,1-4H3,(H,23,27)(H,24,28)(H,25,29)(H,26,30). The molecular formula is C22H26N4O4. The molecule has 158 valence electrons. The quantitative estimate of drug-likeness (QED) is 0.555. The smallest absolute Gasteiger partial charge is 0.255 e. The number of hydrogen-bond donors (Lipinski definition) is 4. The van der Waals surface area contributed by atoms with E-state index in [0.717, 1.165) is 0 Å². The van der Waals surface area contributed by atoms with Crippen molar-refractivity contribution in [1.29, 1.82) is 0 Å². The summed E-state index contributed by atoms with van der Waals surface area (Å²) in [5.41, 5.74) is 2.22. The molecule has 30 heavy (non-hydrogen) atoms. The van der Waals surface area contributed by atoms with Gasteiger partial charge in [-0.15, -0.1) is 0 Å². The van der Waals surface area contributed by atoms with E-state index < -0.39 is 5.91 Å². The fraction of sp³-hybridized carbons (Fsp3) is 0.273. The molecule has 0 atom stereocenters. The summed E-state index contributed by atoms with van der Waals surface area (Å²) in [4.78, 5) is 47.2. The van der Waals surface area contributed by atoms with Crippen LogP contribution in [0.2, 0.25) is 0 Å². The van der Waals surface area contributed by atoms with Crippen LogP contribution >= 0.6 is 0 Å². The molecule has 0 spiro atoms. The van der Waals surface area contributed by atoms with E-state index in [1.807, 2.05) is 13.8 Å². The van der Waals surface area contributed by atoms with E-state index >= 15 is 0 Å². The topological polar surface area (TPSA) is 116 Å². The van der Waals surface area contributed by atoms with Crippen LogP contribution < -0.4 is 21.3 Å². The molecular weight excluding hydrogens is 384 g/mol. The Morgan fingerprint density at radius 1 is 0.700 bits per heavy atom. The summed E-state index contributed by atoms with van der Waals surface area (Å²) in [6, 6.07) is 11.3. The van der Waals surface area contributed by atoms with Crippen molar-refractivity contribution in [3.63, 3.8) is 0 Å². The number of anilines is 4. The Labute approximate surface area is 175 Å². The Morgan fingerprint density at radius 3 is 1.60 bits per heavy atom. The van der Waals surface area contributed by atoms with Crippen molar-refractivity contribution >= 4 is 46.4 Å². The maximum atomic E-state index is 12.7. The largest absolute Gasteiger partial charge is 0.326 e. The number of carbonyl (C=O) groups excluding carboxylic acids is 4. The monoisotopic (exact) mass is 410 g/mol. The summed E-state index contributed by atoms with van der Waals surface area (Å²) in [5, 5.41) is 10.8. The van der Waals surface area contributed by atoms with Crippen LogP contribution in [0.4, 0.5) is 22.7 Å². The van der Waals surface area contributed by atoms with Gasteiger partial charge in [-0.3, -0.25) is 19.2 Å². The summed E-state index contributed by atoms with van der Waals surface area (Å²) in [6.45, 7) is 6.64. The molecule has 0 radical (unpaired) electrons. The Hall–Kier alpha value is -3.68. The van der Waals surface area contributed by atoms with Crippen LogP contribution in [0, 0.1) is 5.92 Å². The van der Waals surface area contributed by atoms with Crippen molar-refractivity contribution in [2.24, 2.45) is 5.92 Å². The van der Waals surface area contributed by atoms with Gasteiger partial charge in [0.2, 0.25) is 17.7 Å². The zero-order valence-corrected chi connectivity index (χ0v) is 17.5. The van der Waals surface area contributed by atoms with Crippen LogP contribution in [-0.2, 0) is 14.4 Å². The van der Waals surface area contributed by atoms with E-state index in [4.69, 9.17) is 0 Å². The highest BCUT2D eigenvalue weighted by Gasteiger charge is 2.12. The maximum absolute atomic E-state index is 12.7. The summed E-state index contributed by atoms with van der Waals surface area (Å²) in [6.07, 6.45) is 0.430. The van der Waals surface area contributed by atoms with Crippen molar-refractivity contribution in [1.82, 2.24) is 0 Å². The molecule has 0 aromatic heterocycles. The number of benzene rings is 2. The minimum atomic E-state index is -0.412. The Morgan fingerprint density at radius 2 is 1.17 bits per heavy atom. The zero-order chi connectivity index (χ0) is 22.3. The number of carbonyl (C=O) groups is 4. The van der Waals surface area contributed by atoms with E-state index in [9.17, 15) is 19.2 Å². The SMILES string of the molecule is CC(=O)Nc1cc(NC(C)=O)cc(C(=O)Nc2ccc(NC(=O)CC(C)C)cc2)c1. The molecule has 0 fully saturated rings. The molecule has 0 unspecified atom stereocenters. The van der Waals surface area contributed by atoms with Crippen LogP contribution in [0.15, 0.2) is 42.5 Å². The third-order valence-electron chi connectivity index (χ3n) is 3.86. The van der Waals surface area contributed by atoms with E-state index in [1.54, 1.807) is 30.3 Å². The van der Waals surface area contributed by atoms with E-state index in [0.29, 0.717) is 29.2 Å². The first kappa shape index (κ1) is 22.6. The molecule has 0 saturated heterocycles. The molecule has 0 aliphatic heterocycles. The van der Waals surface area contributed by atoms with Crippen molar-refractivity contribution in [2.75, 3.05) is 21.3 Å². The van der Waals surface area contributed by atoms with Gasteiger partial charge in [-0.05, 0) is 48.4 Å². The first-order valence-corrected chi connectivity index (χ1v) is 9.54. The van der Waals surface area contributed by atoms with Gasteiger partial charge in [0.1, 0.15) is 0 Å². The lowest BCUT2D eigenvalue weighted by molar-refractivity contribution is -0.117. The third-order valence-corrected chi connectivity index (χ3v) is 3.86. The van der Waals surface area contributed by atoms with Crippen LogP contribution in [0.1, 0.15) is 44.5 Å². The highest BCUT2D eigenvalue weighted by molar-refractivity contribution is 6.07. The first-order valence-electron chi connectivity index (χ1n) is 9.54. The first-order chi connectivity index (χ1) is 14.1. The molecule has 2 aromatic carbocycles. The number of rotatable bonds is 7. The fourth-order valence-electron chi connectivity index (χ4n) is 2.73. The zero-order valence-electron chi connectivity index (χ0n) is 17.5. The second-order valence-electron chi connectivity index (χ2n) is 7.34. The van der Waals surface area contributed by atoms with E-state index in [-0.39, 0.29) is 29.2 Å². The van der Waals surface area contributed by atoms with Crippen molar-refractivity contribution in [2.45, 2.75) is 34.1 Å². The molecule has 8 heteroatoms. The van der Waals surface area contributed by atoms with Crippen molar-refractivity contribution in [3.8, 4) is 0 Å². The lowest BCUT2D eigenvalue weighted by Gasteiger charge is -2.12. The average molecular weight is 410 g/mol. The Kier molecular flexibility index (Phi) is 7.69. The molecule has 2 aromatic rings. The molecule has 4 amide bonds. The predicted octanol–water partition coefficient (Wildman–Crippen LogP) is 3.84. The molecule has 8 nitrogen and oxygen atoms in total. The molecule has 0 heterocycles. The van der Waals surface area contributed by atoms with Crippen LogP contribution in [0.25, 0.3) is 0 Å². The van der Waals surface area contributed by atoms with Gasteiger partial charge >= 0.3 is 0 Å². The normalized spacial score (nSPS) is 10.3. The summed E-state index contributed by atoms with van der Waals surface area (Å²) in [7, 11) is 0. The second-order valence-corrected chi connectivity index (χ2v) is 7.34. The molecule has 0 aliphatic rings. The van der Waals surface area contributed by atoms with E-state index in [2.05, 4.69) is 21.3 Å². The van der Waals surface area contributed by atoms with Crippen LogP contribution in [0.5, 0.6) is 0 Å². The summed E-state index contributed by atoms with van der Waals surface area (Å²) >= 11 is 0. The Balaban J connectivity index is 2.13. The third kappa shape index (κ3) is 7.38. The summed E-state index contributed by atoms with van der Waals surface area (Å²) < 4.78 is 0. The van der Waals surface area contributed by atoms with Gasteiger partial charge in [-0.25, -0.2) is 0 Å². The van der Waals surface area contributed by atoms with E-state index in [1.165, 1.54) is 26.0 Å². The second kappa shape index (κ2) is 10.2. The molecule has 4 N–H and O–H groups in total. The lowest BCUT2D eigenvalue weighted by atomic mass is 10.1. The molecule has 2 rings (SSSR count). The molecule has 0 bridgehead atoms. The number of nitrogens with one attached hydrogen (secondary N) is 4. The minimum absolute atomic E-state index is 0.0675. The molecule has 0 saturated carbocycles. The number of hydrogen-bond acceptors (Lipinski definition) is 4.